The topological polar surface area (TPSA) is 78.9 Å². The van der Waals surface area contributed by atoms with Crippen LogP contribution in [0.15, 0.2) is 72.9 Å². The second-order valence-electron chi connectivity index (χ2n) is 16.8. The first-order valence-corrected chi connectivity index (χ1v) is 25.5. The van der Waals surface area contributed by atoms with Gasteiger partial charge in [0.05, 0.1) is 0 Å². The fourth-order valence-corrected chi connectivity index (χ4v) is 6.96. The third-order valence-corrected chi connectivity index (χ3v) is 10.8. The number of carbonyl (C=O) groups excluding carboxylic acids is 3. The monoisotopic (exact) mass is 851 g/mol. The van der Waals surface area contributed by atoms with Gasteiger partial charge in [-0.15, -0.1) is 0 Å². The highest BCUT2D eigenvalue weighted by molar-refractivity contribution is 5.71. The Morgan fingerprint density at radius 1 is 0.361 bits per heavy atom. The Labute approximate surface area is 376 Å². The van der Waals surface area contributed by atoms with Crippen LogP contribution >= 0.6 is 0 Å². The van der Waals surface area contributed by atoms with Crippen molar-refractivity contribution in [3.63, 3.8) is 0 Å². The zero-order valence-electron chi connectivity index (χ0n) is 39.9. The number of hydrogen-bond donors (Lipinski definition) is 0. The average Bonchev–Trinajstić information content (AvgIpc) is 3.26. The van der Waals surface area contributed by atoms with Crippen molar-refractivity contribution in [2.75, 3.05) is 13.2 Å². The van der Waals surface area contributed by atoms with E-state index in [2.05, 4.69) is 93.7 Å². The molecule has 0 aromatic carbocycles. The smallest absolute Gasteiger partial charge is 0.306 e. The Kier molecular flexibility index (Phi) is 46.9. The summed E-state index contributed by atoms with van der Waals surface area (Å²) in [5.74, 6) is -0.924. The predicted octanol–water partition coefficient (Wildman–Crippen LogP) is 16.6. The first-order chi connectivity index (χ1) is 30.0. The summed E-state index contributed by atoms with van der Waals surface area (Å²) in [5.41, 5.74) is 0. The van der Waals surface area contributed by atoms with E-state index in [1.165, 1.54) is 83.5 Å². The number of hydrogen-bond acceptors (Lipinski definition) is 6. The lowest BCUT2D eigenvalue weighted by atomic mass is 10.0. The molecule has 0 N–H and O–H groups in total. The molecule has 1 atom stereocenters. The molecule has 0 spiro atoms. The molecule has 0 aromatic heterocycles. The van der Waals surface area contributed by atoms with Gasteiger partial charge in [0.25, 0.3) is 0 Å². The molecule has 0 aliphatic heterocycles. The maximum atomic E-state index is 12.8. The molecule has 0 rings (SSSR count). The summed E-state index contributed by atoms with van der Waals surface area (Å²) < 4.78 is 16.8. The molecule has 0 radical (unpaired) electrons. The Hall–Kier alpha value is -3.15. The minimum absolute atomic E-state index is 0.0896. The van der Waals surface area contributed by atoms with Gasteiger partial charge in [0.2, 0.25) is 0 Å². The highest BCUT2D eigenvalue weighted by atomic mass is 16.6. The largest absolute Gasteiger partial charge is 0.462 e. The molecule has 0 heterocycles. The maximum Gasteiger partial charge on any atom is 0.306 e. The van der Waals surface area contributed by atoms with Crippen LogP contribution in [0.25, 0.3) is 0 Å². The van der Waals surface area contributed by atoms with Crippen LogP contribution < -0.4 is 0 Å². The third-order valence-electron chi connectivity index (χ3n) is 10.8. The summed E-state index contributed by atoms with van der Waals surface area (Å²) >= 11 is 0. The summed E-state index contributed by atoms with van der Waals surface area (Å²) in [6.07, 6.45) is 61.6. The first kappa shape index (κ1) is 57.9. The highest BCUT2D eigenvalue weighted by Crippen LogP contribution is 2.15. The van der Waals surface area contributed by atoms with Gasteiger partial charge in [0.1, 0.15) is 13.2 Å². The standard InChI is InChI=1S/C55H94O6/c1-4-7-10-13-16-19-22-25-26-27-28-29-31-33-36-39-42-45-48-54(57)60-51-52(50-59-53(56)47-44-41-38-35-32-24-21-18-15-12-9-6-3)61-55(58)49-46-43-40-37-34-30-23-20-17-14-11-8-5-2/h9,12,16,18-19,21-22,25-29,52H,4-8,10-11,13-15,17,20,23-24,30-51H2,1-3H3/b12-9-,19-16-,21-18-,25-22-,27-26-,29-28-. The third kappa shape index (κ3) is 47.7. The van der Waals surface area contributed by atoms with Crippen molar-refractivity contribution in [2.24, 2.45) is 0 Å². The lowest BCUT2D eigenvalue weighted by molar-refractivity contribution is -0.167. The minimum atomic E-state index is -0.788. The van der Waals surface area contributed by atoms with Gasteiger partial charge in [-0.05, 0) is 70.6 Å². The summed E-state index contributed by atoms with van der Waals surface area (Å²) in [5, 5.41) is 0. The van der Waals surface area contributed by atoms with Crippen molar-refractivity contribution in [1.29, 1.82) is 0 Å². The molecular weight excluding hydrogens is 757 g/mol. The highest BCUT2D eigenvalue weighted by Gasteiger charge is 2.19. The van der Waals surface area contributed by atoms with Crippen molar-refractivity contribution >= 4 is 17.9 Å². The minimum Gasteiger partial charge on any atom is -0.462 e. The zero-order valence-corrected chi connectivity index (χ0v) is 39.9. The van der Waals surface area contributed by atoms with E-state index in [4.69, 9.17) is 14.2 Å². The fraction of sp³-hybridized carbons (Fsp3) is 0.727. The van der Waals surface area contributed by atoms with Crippen LogP contribution in [-0.4, -0.2) is 37.2 Å². The summed E-state index contributed by atoms with van der Waals surface area (Å²) in [4.78, 5) is 37.9. The van der Waals surface area contributed by atoms with E-state index in [-0.39, 0.29) is 31.1 Å². The van der Waals surface area contributed by atoms with Crippen LogP contribution in [0.5, 0.6) is 0 Å². The van der Waals surface area contributed by atoms with E-state index >= 15 is 0 Å². The zero-order chi connectivity index (χ0) is 44.4. The van der Waals surface area contributed by atoms with Crippen LogP contribution in [0.4, 0.5) is 0 Å². The lowest BCUT2D eigenvalue weighted by Crippen LogP contribution is -2.30. The molecule has 0 saturated heterocycles. The van der Waals surface area contributed by atoms with Gasteiger partial charge >= 0.3 is 17.9 Å². The second-order valence-corrected chi connectivity index (χ2v) is 16.8. The Bertz CT molecular complexity index is 1160. The van der Waals surface area contributed by atoms with E-state index in [0.717, 1.165) is 116 Å². The van der Waals surface area contributed by atoms with Crippen LogP contribution in [-0.2, 0) is 28.6 Å². The van der Waals surface area contributed by atoms with Crippen LogP contribution in [0.3, 0.4) is 0 Å². The molecule has 1 unspecified atom stereocenters. The summed E-state index contributed by atoms with van der Waals surface area (Å²) in [6, 6.07) is 0. The van der Waals surface area contributed by atoms with Gasteiger partial charge in [0.15, 0.2) is 6.10 Å². The molecule has 0 bridgehead atoms. The van der Waals surface area contributed by atoms with Gasteiger partial charge in [0, 0.05) is 19.3 Å². The number of rotatable bonds is 45. The van der Waals surface area contributed by atoms with E-state index in [1.54, 1.807) is 0 Å². The molecule has 0 aliphatic carbocycles. The molecule has 0 aliphatic rings. The molecule has 0 saturated carbocycles. The van der Waals surface area contributed by atoms with Crippen LogP contribution in [0, 0.1) is 0 Å². The Morgan fingerprint density at radius 3 is 1.16 bits per heavy atom. The molecule has 0 amide bonds. The fourth-order valence-electron chi connectivity index (χ4n) is 6.96. The number of carbonyl (C=O) groups is 3. The van der Waals surface area contributed by atoms with E-state index in [0.29, 0.717) is 19.3 Å². The Balaban J connectivity index is 4.43. The lowest BCUT2D eigenvalue weighted by Gasteiger charge is -2.18. The molecule has 61 heavy (non-hydrogen) atoms. The van der Waals surface area contributed by atoms with E-state index in [9.17, 15) is 14.4 Å². The average molecular weight is 851 g/mol. The number of esters is 3. The van der Waals surface area contributed by atoms with Crippen molar-refractivity contribution in [2.45, 2.75) is 245 Å². The molecule has 0 fully saturated rings. The molecule has 6 heteroatoms. The van der Waals surface area contributed by atoms with Gasteiger partial charge < -0.3 is 14.2 Å². The molecule has 350 valence electrons. The van der Waals surface area contributed by atoms with Crippen LogP contribution in [0.2, 0.25) is 0 Å². The summed E-state index contributed by atoms with van der Waals surface area (Å²) in [7, 11) is 0. The molecule has 6 nitrogen and oxygen atoms in total. The van der Waals surface area contributed by atoms with Crippen molar-refractivity contribution in [1.82, 2.24) is 0 Å². The van der Waals surface area contributed by atoms with Crippen molar-refractivity contribution in [3.05, 3.63) is 72.9 Å². The number of allylic oxidation sites excluding steroid dienone is 12. The molecule has 0 aromatic rings. The maximum absolute atomic E-state index is 12.8. The predicted molar refractivity (Wildman–Crippen MR) is 261 cm³/mol. The van der Waals surface area contributed by atoms with Gasteiger partial charge in [-0.25, -0.2) is 0 Å². The normalized spacial score (nSPS) is 12.6. The molecular formula is C55H94O6. The second kappa shape index (κ2) is 49.5. The number of unbranched alkanes of at least 4 members (excludes halogenated alkanes) is 25. The van der Waals surface area contributed by atoms with Crippen LogP contribution in [0.1, 0.15) is 239 Å². The van der Waals surface area contributed by atoms with Crippen molar-refractivity contribution < 1.29 is 28.6 Å². The first-order valence-electron chi connectivity index (χ1n) is 25.5. The Morgan fingerprint density at radius 2 is 0.705 bits per heavy atom. The van der Waals surface area contributed by atoms with E-state index < -0.39 is 6.10 Å². The quantitative estimate of drug-likeness (QED) is 0.0200. The van der Waals surface area contributed by atoms with Crippen molar-refractivity contribution in [3.8, 4) is 0 Å². The SMILES string of the molecule is CC/C=C\C/C=C\CCCCCCCC(=O)OCC(COC(=O)CCCCCCC\C=C/C=C\C=C/C=C\CCCCC)OC(=O)CCCCCCCCCCCCCCC. The number of ether oxygens (including phenoxy) is 3. The van der Waals surface area contributed by atoms with Gasteiger partial charge in [-0.2, -0.15) is 0 Å². The van der Waals surface area contributed by atoms with Gasteiger partial charge in [-0.3, -0.25) is 14.4 Å². The van der Waals surface area contributed by atoms with Gasteiger partial charge in [-0.1, -0.05) is 222 Å². The summed E-state index contributed by atoms with van der Waals surface area (Å²) in [6.45, 7) is 6.46. The van der Waals surface area contributed by atoms with E-state index in [1.807, 2.05) is 0 Å².